The Morgan fingerprint density at radius 1 is 1.05 bits per heavy atom. The number of amides is 2. The van der Waals surface area contributed by atoms with Crippen LogP contribution in [0.25, 0.3) is 0 Å². The van der Waals surface area contributed by atoms with E-state index in [1.165, 1.54) is 12.1 Å². The molecule has 5 nitrogen and oxygen atoms in total. The Morgan fingerprint density at radius 2 is 1.53 bits per heavy atom. The summed E-state index contributed by atoms with van der Waals surface area (Å²) in [6, 6.07) is 5.91. The molecule has 0 spiro atoms. The minimum atomic E-state index is -1.26. The molecule has 1 aliphatic rings. The van der Waals surface area contributed by atoms with Gasteiger partial charge in [0.15, 0.2) is 0 Å². The van der Waals surface area contributed by atoms with E-state index in [1.54, 1.807) is 26.0 Å². The van der Waals surface area contributed by atoms with E-state index in [9.17, 15) is 19.5 Å². The number of hydrogen-bond acceptors (Lipinski definition) is 4. The molecule has 0 unspecified atom stereocenters. The molecule has 2 rings (SSSR count). The molecular formula is C14H12NO4-. The van der Waals surface area contributed by atoms with Crippen molar-refractivity contribution in [2.45, 2.75) is 20.4 Å². The number of nitrogens with zero attached hydrogens (tertiary/aromatic N) is 1. The monoisotopic (exact) mass is 258 g/mol. The predicted molar refractivity (Wildman–Crippen MR) is 64.7 cm³/mol. The number of carboxylic acid groups (broad SMARTS) is 1. The van der Waals surface area contributed by atoms with Gasteiger partial charge < -0.3 is 9.90 Å². The summed E-state index contributed by atoms with van der Waals surface area (Å²) in [5.41, 5.74) is 1.66. The second-order valence-electron chi connectivity index (χ2n) is 4.43. The van der Waals surface area contributed by atoms with Crippen molar-refractivity contribution in [3.05, 3.63) is 46.5 Å². The molecule has 0 radical (unpaired) electrons. The largest absolute Gasteiger partial charge is 0.545 e. The Kier molecular flexibility index (Phi) is 3.21. The van der Waals surface area contributed by atoms with Crippen molar-refractivity contribution in [2.24, 2.45) is 0 Å². The summed E-state index contributed by atoms with van der Waals surface area (Å²) in [5.74, 6) is -1.86. The fourth-order valence-corrected chi connectivity index (χ4v) is 1.89. The van der Waals surface area contributed by atoms with Crippen LogP contribution < -0.4 is 5.11 Å². The summed E-state index contributed by atoms with van der Waals surface area (Å²) in [6.07, 6.45) is 0. The Morgan fingerprint density at radius 3 is 1.95 bits per heavy atom. The van der Waals surface area contributed by atoms with Crippen molar-refractivity contribution in [1.29, 1.82) is 0 Å². The number of hydrogen-bond donors (Lipinski definition) is 0. The zero-order chi connectivity index (χ0) is 14.2. The van der Waals surface area contributed by atoms with Crippen LogP contribution in [0.5, 0.6) is 0 Å². The van der Waals surface area contributed by atoms with Crippen molar-refractivity contribution >= 4 is 17.8 Å². The van der Waals surface area contributed by atoms with E-state index < -0.39 is 5.97 Å². The van der Waals surface area contributed by atoms with Crippen molar-refractivity contribution < 1.29 is 19.5 Å². The molecule has 0 saturated carbocycles. The van der Waals surface area contributed by atoms with Crippen LogP contribution in [0.15, 0.2) is 35.4 Å². The van der Waals surface area contributed by atoms with Crippen molar-refractivity contribution in [1.82, 2.24) is 4.90 Å². The lowest BCUT2D eigenvalue weighted by Crippen LogP contribution is -2.31. The van der Waals surface area contributed by atoms with E-state index in [0.717, 1.165) is 4.90 Å². The average molecular weight is 258 g/mol. The van der Waals surface area contributed by atoms with Crippen LogP contribution in [0.4, 0.5) is 0 Å². The highest BCUT2D eigenvalue weighted by Gasteiger charge is 2.32. The SMILES string of the molecule is CC1=C(C)C(=O)N(Cc2ccc(C(=O)[O-])cc2)C1=O. The number of rotatable bonds is 3. The van der Waals surface area contributed by atoms with Crippen molar-refractivity contribution in [3.8, 4) is 0 Å². The number of benzene rings is 1. The molecule has 0 N–H and O–H groups in total. The van der Waals surface area contributed by atoms with Gasteiger partial charge in [0.05, 0.1) is 12.5 Å². The molecule has 1 heterocycles. The third-order valence-electron chi connectivity index (χ3n) is 3.22. The van der Waals surface area contributed by atoms with E-state index in [2.05, 4.69) is 0 Å². The zero-order valence-electron chi connectivity index (χ0n) is 10.6. The number of aromatic carboxylic acids is 1. The Hall–Kier alpha value is -2.43. The van der Waals surface area contributed by atoms with Crippen LogP contribution in [-0.2, 0) is 16.1 Å². The van der Waals surface area contributed by atoms with Crippen LogP contribution in [0, 0.1) is 0 Å². The van der Waals surface area contributed by atoms with E-state index in [1.807, 2.05) is 0 Å². The van der Waals surface area contributed by atoms with Gasteiger partial charge in [-0.2, -0.15) is 0 Å². The third-order valence-corrected chi connectivity index (χ3v) is 3.22. The summed E-state index contributed by atoms with van der Waals surface area (Å²) in [4.78, 5) is 35.5. The minimum Gasteiger partial charge on any atom is -0.545 e. The zero-order valence-corrected chi connectivity index (χ0v) is 10.6. The van der Waals surface area contributed by atoms with Crippen molar-refractivity contribution in [2.75, 3.05) is 0 Å². The molecule has 2 amide bonds. The van der Waals surface area contributed by atoms with Gasteiger partial charge in [0.1, 0.15) is 0 Å². The fraction of sp³-hybridized carbons (Fsp3) is 0.214. The number of carboxylic acids is 1. The lowest BCUT2D eigenvalue weighted by atomic mass is 10.1. The Labute approximate surface area is 110 Å². The van der Waals surface area contributed by atoms with Crippen LogP contribution >= 0.6 is 0 Å². The second kappa shape index (κ2) is 4.68. The molecule has 1 aliphatic heterocycles. The summed E-state index contributed by atoms with van der Waals surface area (Å²) in [7, 11) is 0. The maximum absolute atomic E-state index is 11.8. The fourth-order valence-electron chi connectivity index (χ4n) is 1.89. The maximum Gasteiger partial charge on any atom is 0.257 e. The van der Waals surface area contributed by atoms with Gasteiger partial charge in [-0.25, -0.2) is 0 Å². The van der Waals surface area contributed by atoms with Gasteiger partial charge in [-0.15, -0.1) is 0 Å². The first-order valence-electron chi connectivity index (χ1n) is 5.75. The van der Waals surface area contributed by atoms with Gasteiger partial charge in [-0.05, 0) is 25.0 Å². The molecule has 0 fully saturated rings. The predicted octanol–water partition coefficient (Wildman–Crippen LogP) is 0.255. The highest BCUT2D eigenvalue weighted by Crippen LogP contribution is 2.21. The summed E-state index contributed by atoms with van der Waals surface area (Å²) in [5, 5.41) is 10.6. The summed E-state index contributed by atoms with van der Waals surface area (Å²) in [6.45, 7) is 3.38. The van der Waals surface area contributed by atoms with E-state index >= 15 is 0 Å². The molecule has 0 saturated heterocycles. The minimum absolute atomic E-state index is 0.0633. The van der Waals surface area contributed by atoms with Gasteiger partial charge in [-0.3, -0.25) is 14.5 Å². The van der Waals surface area contributed by atoms with E-state index in [0.29, 0.717) is 16.7 Å². The summed E-state index contributed by atoms with van der Waals surface area (Å²) >= 11 is 0. The molecule has 0 aliphatic carbocycles. The topological polar surface area (TPSA) is 77.5 Å². The Bertz CT molecular complexity index is 574. The number of imide groups is 1. The standard InChI is InChI=1S/C14H13NO4/c1-8-9(2)13(17)15(12(8)16)7-10-3-5-11(6-4-10)14(18)19/h3-6H,7H2,1-2H3,(H,18,19)/p-1. The van der Waals surface area contributed by atoms with Crippen LogP contribution in [-0.4, -0.2) is 22.7 Å². The molecule has 0 atom stereocenters. The highest BCUT2D eigenvalue weighted by molar-refractivity contribution is 6.18. The first-order valence-corrected chi connectivity index (χ1v) is 5.75. The number of carbonyl (C=O) groups is 3. The second-order valence-corrected chi connectivity index (χ2v) is 4.43. The molecule has 19 heavy (non-hydrogen) atoms. The quantitative estimate of drug-likeness (QED) is 0.728. The lowest BCUT2D eigenvalue weighted by Gasteiger charge is -2.15. The molecule has 0 bridgehead atoms. The van der Waals surface area contributed by atoms with Crippen molar-refractivity contribution in [3.63, 3.8) is 0 Å². The van der Waals surface area contributed by atoms with Gasteiger partial charge in [0.25, 0.3) is 11.8 Å². The molecule has 1 aromatic carbocycles. The number of carbonyl (C=O) groups excluding carboxylic acids is 3. The molecular weight excluding hydrogens is 246 g/mol. The first-order chi connectivity index (χ1) is 8.91. The molecule has 5 heteroatoms. The van der Waals surface area contributed by atoms with Gasteiger partial charge in [-0.1, -0.05) is 24.3 Å². The molecule has 98 valence electrons. The summed E-state index contributed by atoms with van der Waals surface area (Å²) < 4.78 is 0. The Balaban J connectivity index is 2.17. The van der Waals surface area contributed by atoms with Gasteiger partial charge in [0.2, 0.25) is 0 Å². The van der Waals surface area contributed by atoms with Crippen LogP contribution in [0.3, 0.4) is 0 Å². The smallest absolute Gasteiger partial charge is 0.257 e. The molecule has 1 aromatic rings. The highest BCUT2D eigenvalue weighted by atomic mass is 16.4. The van der Waals surface area contributed by atoms with Crippen LogP contribution in [0.1, 0.15) is 29.8 Å². The first kappa shape index (κ1) is 13.0. The third kappa shape index (κ3) is 2.27. The maximum atomic E-state index is 11.8. The normalized spacial score (nSPS) is 15.4. The van der Waals surface area contributed by atoms with Gasteiger partial charge in [0, 0.05) is 11.1 Å². The van der Waals surface area contributed by atoms with E-state index in [4.69, 9.17) is 0 Å². The van der Waals surface area contributed by atoms with Gasteiger partial charge >= 0.3 is 0 Å². The van der Waals surface area contributed by atoms with Crippen LogP contribution in [0.2, 0.25) is 0 Å². The van der Waals surface area contributed by atoms with E-state index in [-0.39, 0.29) is 23.9 Å². The lowest BCUT2D eigenvalue weighted by molar-refractivity contribution is -0.255. The average Bonchev–Trinajstić information content (AvgIpc) is 2.57. The molecule has 0 aromatic heterocycles.